The van der Waals surface area contributed by atoms with Gasteiger partial charge in [0.05, 0.1) is 12.2 Å². The van der Waals surface area contributed by atoms with E-state index in [1.807, 2.05) is 6.07 Å². The fourth-order valence-electron chi connectivity index (χ4n) is 4.02. The molecule has 3 heterocycles. The molecular formula is C19H26N6OS. The summed E-state index contributed by atoms with van der Waals surface area (Å²) in [5.41, 5.74) is 2.35. The highest BCUT2D eigenvalue weighted by molar-refractivity contribution is 7.09. The van der Waals surface area contributed by atoms with Crippen LogP contribution in [0.2, 0.25) is 0 Å². The molecule has 0 aromatic carbocycles. The Labute approximate surface area is 163 Å². The van der Waals surface area contributed by atoms with Crippen LogP contribution in [0.4, 0.5) is 5.13 Å². The van der Waals surface area contributed by atoms with Crippen molar-refractivity contribution >= 4 is 16.7 Å². The number of fused-ring (bicyclic) bond motifs is 1. The van der Waals surface area contributed by atoms with Gasteiger partial charge in [-0.2, -0.15) is 9.47 Å². The second-order valence-corrected chi connectivity index (χ2v) is 8.65. The third-order valence-corrected chi connectivity index (χ3v) is 6.71. The Hall–Kier alpha value is -1.80. The van der Waals surface area contributed by atoms with Crippen molar-refractivity contribution in [1.29, 1.82) is 0 Å². The first-order valence-corrected chi connectivity index (χ1v) is 10.9. The van der Waals surface area contributed by atoms with Crippen LogP contribution >= 0.6 is 11.5 Å². The van der Waals surface area contributed by atoms with Crippen LogP contribution in [-0.4, -0.2) is 56.8 Å². The maximum absolute atomic E-state index is 12.3. The molecule has 0 radical (unpaired) electrons. The van der Waals surface area contributed by atoms with E-state index in [4.69, 9.17) is 4.98 Å². The number of hydrogen-bond donors (Lipinski definition) is 0. The highest BCUT2D eigenvalue weighted by atomic mass is 32.1. The summed E-state index contributed by atoms with van der Waals surface area (Å²) in [6.45, 7) is 5.51. The Bertz CT molecular complexity index is 865. The Morgan fingerprint density at radius 1 is 1.07 bits per heavy atom. The minimum atomic E-state index is 0.0516. The van der Waals surface area contributed by atoms with Crippen molar-refractivity contribution in [2.75, 3.05) is 37.6 Å². The van der Waals surface area contributed by atoms with Crippen molar-refractivity contribution < 1.29 is 0 Å². The van der Waals surface area contributed by atoms with Gasteiger partial charge in [0.25, 0.3) is 5.56 Å². The van der Waals surface area contributed by atoms with Gasteiger partial charge in [0.15, 0.2) is 0 Å². The first kappa shape index (κ1) is 17.3. The SMILES string of the molecule is O=c1cc2c(nn1CCN1CCN(c3nc(C4CC4)ns3)CC1)CCCC2. The molecule has 1 saturated heterocycles. The van der Waals surface area contributed by atoms with Crippen LogP contribution in [0.25, 0.3) is 0 Å². The van der Waals surface area contributed by atoms with Gasteiger partial charge < -0.3 is 4.90 Å². The van der Waals surface area contributed by atoms with Crippen molar-refractivity contribution in [3.05, 3.63) is 33.5 Å². The normalized spacial score (nSPS) is 20.7. The number of rotatable bonds is 5. The van der Waals surface area contributed by atoms with E-state index < -0.39 is 0 Å². The Kier molecular flexibility index (Phi) is 4.69. The van der Waals surface area contributed by atoms with Crippen LogP contribution in [0.1, 0.15) is 48.7 Å². The largest absolute Gasteiger partial charge is 0.344 e. The second kappa shape index (κ2) is 7.31. The number of piperazine rings is 1. The molecule has 3 aliphatic rings. The average molecular weight is 387 g/mol. The second-order valence-electron chi connectivity index (χ2n) is 7.92. The fourth-order valence-corrected chi connectivity index (χ4v) is 4.82. The van der Waals surface area contributed by atoms with Gasteiger partial charge in [0.2, 0.25) is 5.13 Å². The quantitative estimate of drug-likeness (QED) is 0.779. The molecule has 5 rings (SSSR count). The third kappa shape index (κ3) is 3.78. The zero-order chi connectivity index (χ0) is 18.2. The van der Waals surface area contributed by atoms with E-state index in [2.05, 4.69) is 19.3 Å². The summed E-state index contributed by atoms with van der Waals surface area (Å²) >= 11 is 1.54. The van der Waals surface area contributed by atoms with E-state index in [-0.39, 0.29) is 5.56 Å². The lowest BCUT2D eigenvalue weighted by Gasteiger charge is -2.34. The summed E-state index contributed by atoms with van der Waals surface area (Å²) in [5, 5.41) is 5.71. The lowest BCUT2D eigenvalue weighted by atomic mass is 9.97. The van der Waals surface area contributed by atoms with E-state index in [0.717, 1.165) is 62.2 Å². The van der Waals surface area contributed by atoms with E-state index in [0.29, 0.717) is 12.5 Å². The first-order chi connectivity index (χ1) is 13.3. The standard InChI is InChI=1S/C19H26N6OS/c26-17-13-15-3-1-2-4-16(15)21-25(17)12-9-23-7-10-24(11-8-23)19-20-18(22-27-19)14-5-6-14/h13-14H,1-12H2. The van der Waals surface area contributed by atoms with Gasteiger partial charge >= 0.3 is 0 Å². The first-order valence-electron chi connectivity index (χ1n) is 10.2. The Balaban J connectivity index is 1.16. The van der Waals surface area contributed by atoms with E-state index in [1.54, 1.807) is 16.2 Å². The number of hydrogen-bond acceptors (Lipinski definition) is 7. The van der Waals surface area contributed by atoms with E-state index in [9.17, 15) is 4.79 Å². The van der Waals surface area contributed by atoms with E-state index >= 15 is 0 Å². The molecule has 1 aliphatic heterocycles. The van der Waals surface area contributed by atoms with Crippen molar-refractivity contribution in [3.63, 3.8) is 0 Å². The predicted molar refractivity (Wildman–Crippen MR) is 106 cm³/mol. The minimum Gasteiger partial charge on any atom is -0.344 e. The maximum Gasteiger partial charge on any atom is 0.267 e. The molecule has 0 unspecified atom stereocenters. The summed E-state index contributed by atoms with van der Waals surface area (Å²) in [7, 11) is 0. The fraction of sp³-hybridized carbons (Fsp3) is 0.684. The summed E-state index contributed by atoms with van der Waals surface area (Å²) in [5.74, 6) is 1.68. The molecule has 1 saturated carbocycles. The van der Waals surface area contributed by atoms with Crippen molar-refractivity contribution in [1.82, 2.24) is 24.0 Å². The van der Waals surface area contributed by atoms with Crippen molar-refractivity contribution in [2.45, 2.75) is 51.0 Å². The van der Waals surface area contributed by atoms with Gasteiger partial charge in [-0.25, -0.2) is 9.67 Å². The van der Waals surface area contributed by atoms with Crippen LogP contribution in [0.3, 0.4) is 0 Å². The Morgan fingerprint density at radius 3 is 2.70 bits per heavy atom. The zero-order valence-corrected chi connectivity index (χ0v) is 16.5. The number of aromatic nitrogens is 4. The molecule has 0 amide bonds. The van der Waals surface area contributed by atoms with Crippen LogP contribution < -0.4 is 10.5 Å². The molecule has 2 aromatic rings. The molecule has 8 heteroatoms. The molecule has 0 spiro atoms. The smallest absolute Gasteiger partial charge is 0.267 e. The van der Waals surface area contributed by atoms with E-state index in [1.165, 1.54) is 31.2 Å². The Morgan fingerprint density at radius 2 is 1.89 bits per heavy atom. The predicted octanol–water partition coefficient (Wildman–Crippen LogP) is 1.67. The lowest BCUT2D eigenvalue weighted by molar-refractivity contribution is 0.242. The molecule has 0 N–H and O–H groups in total. The molecule has 2 aromatic heterocycles. The minimum absolute atomic E-state index is 0.0516. The molecule has 2 aliphatic carbocycles. The number of anilines is 1. The summed E-state index contributed by atoms with van der Waals surface area (Å²) in [6.07, 6.45) is 6.89. The van der Waals surface area contributed by atoms with Crippen LogP contribution in [0.15, 0.2) is 10.9 Å². The molecule has 0 bridgehead atoms. The van der Waals surface area contributed by atoms with Gasteiger partial charge in [-0.1, -0.05) is 0 Å². The molecule has 144 valence electrons. The molecule has 7 nitrogen and oxygen atoms in total. The highest BCUT2D eigenvalue weighted by Crippen LogP contribution is 2.39. The number of nitrogens with zero attached hydrogens (tertiary/aromatic N) is 6. The summed E-state index contributed by atoms with van der Waals surface area (Å²) in [4.78, 5) is 21.8. The van der Waals surface area contributed by atoms with Crippen LogP contribution in [0, 0.1) is 0 Å². The van der Waals surface area contributed by atoms with Crippen molar-refractivity contribution in [2.24, 2.45) is 0 Å². The summed E-state index contributed by atoms with van der Waals surface area (Å²) < 4.78 is 6.19. The monoisotopic (exact) mass is 386 g/mol. The van der Waals surface area contributed by atoms with Gasteiger partial charge in [0.1, 0.15) is 5.82 Å². The van der Waals surface area contributed by atoms with Crippen LogP contribution in [-0.2, 0) is 19.4 Å². The number of aryl methyl sites for hydroxylation is 2. The lowest BCUT2D eigenvalue weighted by Crippen LogP contribution is -2.47. The maximum atomic E-state index is 12.3. The van der Waals surface area contributed by atoms with Gasteiger partial charge in [0, 0.05) is 56.2 Å². The average Bonchev–Trinajstić information content (AvgIpc) is 3.44. The third-order valence-electron chi connectivity index (χ3n) is 5.92. The van der Waals surface area contributed by atoms with Crippen molar-refractivity contribution in [3.8, 4) is 0 Å². The topological polar surface area (TPSA) is 67.2 Å². The van der Waals surface area contributed by atoms with Gasteiger partial charge in [-0.05, 0) is 44.1 Å². The highest BCUT2D eigenvalue weighted by Gasteiger charge is 2.29. The molecule has 0 atom stereocenters. The molecular weight excluding hydrogens is 360 g/mol. The van der Waals surface area contributed by atoms with Crippen LogP contribution in [0.5, 0.6) is 0 Å². The van der Waals surface area contributed by atoms with Gasteiger partial charge in [-0.15, -0.1) is 0 Å². The molecule has 27 heavy (non-hydrogen) atoms. The molecule has 2 fully saturated rings. The summed E-state index contributed by atoms with van der Waals surface area (Å²) in [6, 6.07) is 1.81. The van der Waals surface area contributed by atoms with Gasteiger partial charge in [-0.3, -0.25) is 9.69 Å². The zero-order valence-electron chi connectivity index (χ0n) is 15.6.